The van der Waals surface area contributed by atoms with Crippen molar-refractivity contribution in [2.75, 3.05) is 5.32 Å². The van der Waals surface area contributed by atoms with Crippen LogP contribution in [0.5, 0.6) is 0 Å². The first-order valence-electron chi connectivity index (χ1n) is 6.64. The van der Waals surface area contributed by atoms with Crippen molar-refractivity contribution in [3.63, 3.8) is 0 Å². The fourth-order valence-electron chi connectivity index (χ4n) is 1.93. The molecule has 0 radical (unpaired) electrons. The molecular formula is C15H11N3O5. The molecular weight excluding hydrogens is 302 g/mol. The summed E-state index contributed by atoms with van der Waals surface area (Å²) >= 11 is 0. The van der Waals surface area contributed by atoms with E-state index in [4.69, 9.17) is 9.15 Å². The van der Waals surface area contributed by atoms with E-state index in [1.807, 2.05) is 30.3 Å². The monoisotopic (exact) mass is 313 g/mol. The molecule has 0 unspecified atom stereocenters. The number of oxazole rings is 1. The number of benzene rings is 2. The minimum absolute atomic E-state index is 0.0847. The molecule has 0 spiro atoms. The fourth-order valence-corrected chi connectivity index (χ4v) is 1.93. The summed E-state index contributed by atoms with van der Waals surface area (Å²) < 4.78 is 10.3. The van der Waals surface area contributed by atoms with Crippen LogP contribution >= 0.6 is 0 Å². The third-order valence-corrected chi connectivity index (χ3v) is 3.00. The Morgan fingerprint density at radius 3 is 2.78 bits per heavy atom. The van der Waals surface area contributed by atoms with Crippen LogP contribution in [0.3, 0.4) is 0 Å². The number of nitro benzene ring substituents is 1. The molecule has 3 rings (SSSR count). The number of non-ortho nitro benzene ring substituents is 1. The van der Waals surface area contributed by atoms with E-state index in [1.54, 1.807) is 0 Å². The number of nitrogens with one attached hydrogen (secondary N) is 1. The van der Waals surface area contributed by atoms with Crippen LogP contribution in [0.25, 0.3) is 11.1 Å². The summed E-state index contributed by atoms with van der Waals surface area (Å²) in [5.74, 6) is 0. The van der Waals surface area contributed by atoms with Gasteiger partial charge in [-0.1, -0.05) is 30.3 Å². The van der Waals surface area contributed by atoms with Crippen LogP contribution in [0.15, 0.2) is 52.9 Å². The summed E-state index contributed by atoms with van der Waals surface area (Å²) in [5, 5.41) is 13.0. The van der Waals surface area contributed by atoms with Crippen LogP contribution in [-0.4, -0.2) is 16.0 Å². The number of carbonyl (C=O) groups excluding carboxylic acids is 1. The van der Waals surface area contributed by atoms with Crippen molar-refractivity contribution in [2.24, 2.45) is 0 Å². The Kier molecular flexibility index (Phi) is 3.88. The summed E-state index contributed by atoms with van der Waals surface area (Å²) in [6.45, 7) is 0.109. The van der Waals surface area contributed by atoms with E-state index in [2.05, 4.69) is 10.3 Å². The molecule has 0 saturated carbocycles. The van der Waals surface area contributed by atoms with Gasteiger partial charge in [-0.2, -0.15) is 4.98 Å². The molecule has 0 fully saturated rings. The Balaban J connectivity index is 1.66. The van der Waals surface area contributed by atoms with Gasteiger partial charge in [0.05, 0.1) is 4.92 Å². The number of nitro groups is 1. The molecule has 0 atom stereocenters. The van der Waals surface area contributed by atoms with E-state index in [-0.39, 0.29) is 23.8 Å². The second kappa shape index (κ2) is 6.14. The Morgan fingerprint density at radius 1 is 1.26 bits per heavy atom. The normalized spacial score (nSPS) is 10.4. The third kappa shape index (κ3) is 3.43. The summed E-state index contributed by atoms with van der Waals surface area (Å²) in [6.07, 6.45) is -0.727. The number of carbonyl (C=O) groups is 1. The zero-order valence-electron chi connectivity index (χ0n) is 11.8. The third-order valence-electron chi connectivity index (χ3n) is 3.00. The van der Waals surface area contributed by atoms with Crippen molar-refractivity contribution in [1.29, 1.82) is 0 Å². The van der Waals surface area contributed by atoms with E-state index < -0.39 is 11.0 Å². The van der Waals surface area contributed by atoms with Crippen molar-refractivity contribution in [3.8, 4) is 0 Å². The minimum Gasteiger partial charge on any atom is -0.444 e. The molecule has 0 saturated heterocycles. The van der Waals surface area contributed by atoms with Gasteiger partial charge in [-0.3, -0.25) is 10.1 Å². The van der Waals surface area contributed by atoms with E-state index in [9.17, 15) is 14.9 Å². The number of hydrogen-bond donors (Lipinski definition) is 1. The summed E-state index contributed by atoms with van der Waals surface area (Å²) in [7, 11) is 0. The largest absolute Gasteiger partial charge is 0.444 e. The number of ether oxygens (including phenoxy) is 1. The molecule has 116 valence electrons. The van der Waals surface area contributed by atoms with Gasteiger partial charge in [0.15, 0.2) is 5.58 Å². The number of nitrogens with zero attached hydrogens (tertiary/aromatic N) is 2. The van der Waals surface area contributed by atoms with Crippen LogP contribution in [0.4, 0.5) is 16.5 Å². The fraction of sp³-hybridized carbons (Fsp3) is 0.0667. The Bertz CT molecular complexity index is 860. The number of rotatable bonds is 4. The molecule has 8 nitrogen and oxygen atoms in total. The highest BCUT2D eigenvalue weighted by Gasteiger charge is 2.13. The number of amides is 1. The second-order valence-corrected chi connectivity index (χ2v) is 4.61. The van der Waals surface area contributed by atoms with Crippen molar-refractivity contribution in [3.05, 3.63) is 64.2 Å². The molecule has 8 heteroatoms. The lowest BCUT2D eigenvalue weighted by atomic mass is 10.2. The molecule has 1 N–H and O–H groups in total. The maximum Gasteiger partial charge on any atom is 0.415 e. The van der Waals surface area contributed by atoms with Crippen LogP contribution in [0, 0.1) is 10.1 Å². The predicted octanol–water partition coefficient (Wildman–Crippen LogP) is 3.48. The average Bonchev–Trinajstić information content (AvgIpc) is 2.95. The highest BCUT2D eigenvalue weighted by atomic mass is 16.6. The summed E-state index contributed by atoms with van der Waals surface area (Å²) in [4.78, 5) is 25.8. The van der Waals surface area contributed by atoms with Crippen LogP contribution in [-0.2, 0) is 11.3 Å². The number of anilines is 1. The molecule has 1 amide bonds. The van der Waals surface area contributed by atoms with E-state index in [0.717, 1.165) is 5.56 Å². The standard InChI is InChI=1S/C15H11N3O5/c19-15(22-9-10-4-2-1-3-5-10)17-14-16-12-8-11(18(20)21)6-7-13(12)23-14/h1-8H,9H2,(H,16,17,19). The lowest BCUT2D eigenvalue weighted by Crippen LogP contribution is -2.13. The smallest absolute Gasteiger partial charge is 0.415 e. The SMILES string of the molecule is O=C(Nc1nc2cc([N+](=O)[O-])ccc2o1)OCc1ccccc1. The summed E-state index contributed by atoms with van der Waals surface area (Å²) in [5.41, 5.74) is 1.34. The molecule has 0 aliphatic rings. The van der Waals surface area contributed by atoms with Crippen molar-refractivity contribution in [2.45, 2.75) is 6.61 Å². The maximum absolute atomic E-state index is 11.7. The zero-order chi connectivity index (χ0) is 16.2. The molecule has 0 aliphatic heterocycles. The van der Waals surface area contributed by atoms with Crippen LogP contribution in [0.1, 0.15) is 5.56 Å². The first-order valence-corrected chi connectivity index (χ1v) is 6.64. The molecule has 0 bridgehead atoms. The van der Waals surface area contributed by atoms with Gasteiger partial charge in [-0.25, -0.2) is 10.1 Å². The average molecular weight is 313 g/mol. The number of aromatic nitrogens is 1. The highest BCUT2D eigenvalue weighted by molar-refractivity contribution is 5.85. The molecule has 3 aromatic rings. The van der Waals surface area contributed by atoms with Gasteiger partial charge in [0.25, 0.3) is 5.69 Å². The van der Waals surface area contributed by atoms with Crippen molar-refractivity contribution in [1.82, 2.24) is 4.98 Å². The van der Waals surface area contributed by atoms with Gasteiger partial charge in [0.2, 0.25) is 0 Å². The predicted molar refractivity (Wildman–Crippen MR) is 80.9 cm³/mol. The second-order valence-electron chi connectivity index (χ2n) is 4.61. The molecule has 1 heterocycles. The van der Waals surface area contributed by atoms with E-state index in [1.165, 1.54) is 18.2 Å². The van der Waals surface area contributed by atoms with Gasteiger partial charge >= 0.3 is 12.1 Å². The van der Waals surface area contributed by atoms with Gasteiger partial charge in [-0.05, 0) is 11.6 Å². The van der Waals surface area contributed by atoms with E-state index >= 15 is 0 Å². The van der Waals surface area contributed by atoms with E-state index in [0.29, 0.717) is 5.58 Å². The Labute approximate surface area is 129 Å². The Morgan fingerprint density at radius 2 is 2.04 bits per heavy atom. The minimum atomic E-state index is -0.727. The van der Waals surface area contributed by atoms with Gasteiger partial charge in [0.1, 0.15) is 12.1 Å². The quantitative estimate of drug-likeness (QED) is 0.583. The molecule has 1 aromatic heterocycles. The van der Waals surface area contributed by atoms with Crippen LogP contribution < -0.4 is 5.32 Å². The van der Waals surface area contributed by atoms with Gasteiger partial charge in [0, 0.05) is 12.1 Å². The van der Waals surface area contributed by atoms with Crippen molar-refractivity contribution < 1.29 is 18.9 Å². The lowest BCUT2D eigenvalue weighted by molar-refractivity contribution is -0.384. The lowest BCUT2D eigenvalue weighted by Gasteiger charge is -2.03. The highest BCUT2D eigenvalue weighted by Crippen LogP contribution is 2.23. The number of hydrogen-bond acceptors (Lipinski definition) is 6. The first-order chi connectivity index (χ1) is 11.1. The molecule has 0 aliphatic carbocycles. The maximum atomic E-state index is 11.7. The zero-order valence-corrected chi connectivity index (χ0v) is 11.8. The van der Waals surface area contributed by atoms with Crippen LogP contribution in [0.2, 0.25) is 0 Å². The van der Waals surface area contributed by atoms with Gasteiger partial charge in [-0.15, -0.1) is 0 Å². The summed E-state index contributed by atoms with van der Waals surface area (Å²) in [6, 6.07) is 13.1. The van der Waals surface area contributed by atoms with Crippen molar-refractivity contribution >= 4 is 28.9 Å². The topological polar surface area (TPSA) is 108 Å². The Hall–Kier alpha value is -3.42. The molecule has 23 heavy (non-hydrogen) atoms. The molecule has 2 aromatic carbocycles. The number of fused-ring (bicyclic) bond motifs is 1. The first kappa shape index (κ1) is 14.5. The van der Waals surface area contributed by atoms with Gasteiger partial charge < -0.3 is 9.15 Å².